The average Bonchev–Trinajstić information content (AvgIpc) is 3.31. The van der Waals surface area contributed by atoms with Crippen LogP contribution in [0.25, 0.3) is 0 Å². The van der Waals surface area contributed by atoms with E-state index in [2.05, 4.69) is 39.2 Å². The normalized spacial score (nSPS) is 14.9. The van der Waals surface area contributed by atoms with Crippen LogP contribution in [-0.4, -0.2) is 65.1 Å². The SMILES string of the molecule is CN(C)C1CCN(c2ccc(NC(=O)c3ccc(=O)[nH]c3)cc2)C1.O=C(O)c1ccc(=O)[nH]c1. The van der Waals surface area contributed by atoms with Gasteiger partial charge in [0.15, 0.2) is 0 Å². The number of rotatable bonds is 5. The van der Waals surface area contributed by atoms with Gasteiger partial charge in [-0.2, -0.15) is 0 Å². The fraction of sp³-hybridized carbons (Fsp3) is 0.250. The number of nitrogens with zero attached hydrogens (tertiary/aromatic N) is 2. The lowest BCUT2D eigenvalue weighted by Crippen LogP contribution is -2.31. The van der Waals surface area contributed by atoms with Crippen molar-refractivity contribution in [3.8, 4) is 0 Å². The number of aromatic amines is 2. The molecule has 178 valence electrons. The molecule has 34 heavy (non-hydrogen) atoms. The molecular formula is C24H27N5O5. The van der Waals surface area contributed by atoms with Crippen LogP contribution >= 0.6 is 0 Å². The minimum Gasteiger partial charge on any atom is -0.478 e. The van der Waals surface area contributed by atoms with Gasteiger partial charge in [0.25, 0.3) is 5.91 Å². The fourth-order valence-electron chi connectivity index (χ4n) is 3.45. The summed E-state index contributed by atoms with van der Waals surface area (Å²) < 4.78 is 0. The van der Waals surface area contributed by atoms with E-state index in [4.69, 9.17) is 5.11 Å². The highest BCUT2D eigenvalue weighted by atomic mass is 16.4. The standard InChI is InChI=1S/C18H22N4O2.C6H5NO3/c1-21(2)16-9-10-22(12-16)15-6-4-14(5-7-15)20-18(24)13-3-8-17(23)19-11-13;8-5-2-1-4(3-7-5)6(9)10/h3-8,11,16H,9-10,12H2,1-2H3,(H,19,23)(H,20,24);1-3H,(H,7,8)(H,9,10). The van der Waals surface area contributed by atoms with Gasteiger partial charge >= 0.3 is 5.97 Å². The van der Waals surface area contributed by atoms with E-state index >= 15 is 0 Å². The van der Waals surface area contributed by atoms with Crippen molar-refractivity contribution < 1.29 is 14.7 Å². The Balaban J connectivity index is 0.000000271. The van der Waals surface area contributed by atoms with Crippen molar-refractivity contribution in [2.45, 2.75) is 12.5 Å². The summed E-state index contributed by atoms with van der Waals surface area (Å²) in [6.45, 7) is 2.07. The smallest absolute Gasteiger partial charge is 0.337 e. The zero-order valence-electron chi connectivity index (χ0n) is 18.9. The molecule has 4 rings (SSSR count). The number of carbonyl (C=O) groups excluding carboxylic acids is 1. The Morgan fingerprint density at radius 1 is 0.941 bits per heavy atom. The van der Waals surface area contributed by atoms with Crippen molar-refractivity contribution in [2.75, 3.05) is 37.4 Å². The number of nitrogens with one attached hydrogen (secondary N) is 3. The molecule has 1 aromatic carbocycles. The Kier molecular flexibility index (Phi) is 7.99. The van der Waals surface area contributed by atoms with Gasteiger partial charge in [0.2, 0.25) is 11.1 Å². The van der Waals surface area contributed by atoms with Gasteiger partial charge in [-0.25, -0.2) is 4.79 Å². The van der Waals surface area contributed by atoms with E-state index in [0.29, 0.717) is 11.6 Å². The molecule has 3 aromatic rings. The number of anilines is 2. The lowest BCUT2D eigenvalue weighted by atomic mass is 10.2. The number of carbonyl (C=O) groups is 2. The maximum absolute atomic E-state index is 12.1. The molecule has 0 aliphatic carbocycles. The minimum absolute atomic E-state index is 0.0830. The van der Waals surface area contributed by atoms with Gasteiger partial charge in [0.05, 0.1) is 11.1 Å². The second-order valence-electron chi connectivity index (χ2n) is 8.04. The molecule has 2 aromatic heterocycles. The summed E-state index contributed by atoms with van der Waals surface area (Å²) in [5, 5.41) is 11.2. The van der Waals surface area contributed by atoms with Crippen LogP contribution in [0.2, 0.25) is 0 Å². The molecule has 1 atom stereocenters. The van der Waals surface area contributed by atoms with Crippen molar-refractivity contribution in [1.82, 2.24) is 14.9 Å². The van der Waals surface area contributed by atoms with Gasteiger partial charge in [0.1, 0.15) is 0 Å². The van der Waals surface area contributed by atoms with E-state index in [9.17, 15) is 19.2 Å². The summed E-state index contributed by atoms with van der Waals surface area (Å²) >= 11 is 0. The number of benzene rings is 1. The predicted molar refractivity (Wildman–Crippen MR) is 130 cm³/mol. The fourth-order valence-corrected chi connectivity index (χ4v) is 3.45. The summed E-state index contributed by atoms with van der Waals surface area (Å²) in [5.41, 5.74) is 1.88. The van der Waals surface area contributed by atoms with E-state index < -0.39 is 5.97 Å². The van der Waals surface area contributed by atoms with E-state index in [1.54, 1.807) is 0 Å². The third-order valence-corrected chi connectivity index (χ3v) is 5.46. The molecular weight excluding hydrogens is 438 g/mol. The van der Waals surface area contributed by atoms with Crippen molar-refractivity contribution in [3.05, 3.63) is 92.8 Å². The third-order valence-electron chi connectivity index (χ3n) is 5.46. The quantitative estimate of drug-likeness (QED) is 0.451. The number of hydrogen-bond acceptors (Lipinski definition) is 6. The van der Waals surface area contributed by atoms with Crippen LogP contribution in [0.3, 0.4) is 0 Å². The molecule has 0 bridgehead atoms. The molecule has 0 spiro atoms. The van der Waals surface area contributed by atoms with Gasteiger partial charge < -0.3 is 30.2 Å². The topological polar surface area (TPSA) is 139 Å². The summed E-state index contributed by atoms with van der Waals surface area (Å²) in [5.74, 6) is -1.29. The molecule has 10 nitrogen and oxygen atoms in total. The first-order chi connectivity index (χ1) is 16.2. The number of likely N-dealkylation sites (N-methyl/N-ethyl adjacent to an activating group) is 1. The van der Waals surface area contributed by atoms with Crippen LogP contribution in [0.5, 0.6) is 0 Å². The molecule has 1 saturated heterocycles. The third kappa shape index (κ3) is 6.66. The van der Waals surface area contributed by atoms with Crippen LogP contribution in [0.15, 0.2) is 70.5 Å². The molecule has 0 saturated carbocycles. The Morgan fingerprint density at radius 3 is 2.00 bits per heavy atom. The van der Waals surface area contributed by atoms with Crippen molar-refractivity contribution in [3.63, 3.8) is 0 Å². The van der Waals surface area contributed by atoms with Gasteiger partial charge in [-0.15, -0.1) is 0 Å². The monoisotopic (exact) mass is 465 g/mol. The van der Waals surface area contributed by atoms with Crippen LogP contribution in [0.4, 0.5) is 11.4 Å². The Morgan fingerprint density at radius 2 is 1.53 bits per heavy atom. The molecule has 3 heterocycles. The maximum atomic E-state index is 12.1. The number of carboxylic acid groups (broad SMARTS) is 1. The summed E-state index contributed by atoms with van der Waals surface area (Å²) in [7, 11) is 4.23. The molecule has 1 amide bonds. The second kappa shape index (κ2) is 11.1. The largest absolute Gasteiger partial charge is 0.478 e. The van der Waals surface area contributed by atoms with Gasteiger partial charge in [-0.1, -0.05) is 0 Å². The average molecular weight is 466 g/mol. The van der Waals surface area contributed by atoms with Crippen molar-refractivity contribution in [2.24, 2.45) is 0 Å². The van der Waals surface area contributed by atoms with E-state index in [-0.39, 0.29) is 22.6 Å². The lowest BCUT2D eigenvalue weighted by Gasteiger charge is -2.22. The van der Waals surface area contributed by atoms with Crippen LogP contribution in [0.1, 0.15) is 27.1 Å². The summed E-state index contributed by atoms with van der Waals surface area (Å²) in [6.07, 6.45) is 3.74. The number of H-pyrrole nitrogens is 2. The molecule has 1 aliphatic rings. The number of amides is 1. The number of hydrogen-bond donors (Lipinski definition) is 4. The molecule has 4 N–H and O–H groups in total. The molecule has 10 heteroatoms. The Hall–Kier alpha value is -4.18. The highest BCUT2D eigenvalue weighted by Crippen LogP contribution is 2.24. The van der Waals surface area contributed by atoms with Crippen LogP contribution < -0.4 is 21.3 Å². The van der Waals surface area contributed by atoms with E-state index in [1.165, 1.54) is 36.1 Å². The first-order valence-electron chi connectivity index (χ1n) is 10.7. The highest BCUT2D eigenvalue weighted by Gasteiger charge is 2.23. The van der Waals surface area contributed by atoms with Gasteiger partial charge in [-0.3, -0.25) is 14.4 Å². The van der Waals surface area contributed by atoms with Crippen molar-refractivity contribution >= 4 is 23.3 Å². The molecule has 1 unspecified atom stereocenters. The highest BCUT2D eigenvalue weighted by molar-refractivity contribution is 6.04. The second-order valence-corrected chi connectivity index (χ2v) is 8.04. The first kappa shape index (κ1) is 24.5. The number of pyridine rings is 2. The minimum atomic E-state index is -1.05. The molecule has 1 fully saturated rings. The predicted octanol–water partition coefficient (Wildman–Crippen LogP) is 1.84. The van der Waals surface area contributed by atoms with E-state index in [1.807, 2.05) is 24.3 Å². The van der Waals surface area contributed by atoms with Crippen LogP contribution in [-0.2, 0) is 0 Å². The van der Waals surface area contributed by atoms with E-state index in [0.717, 1.165) is 31.4 Å². The van der Waals surface area contributed by atoms with Crippen LogP contribution in [0, 0.1) is 0 Å². The number of aromatic carboxylic acids is 1. The Bertz CT molecular complexity index is 1210. The Labute approximate surface area is 195 Å². The van der Waals surface area contributed by atoms with Crippen molar-refractivity contribution in [1.29, 1.82) is 0 Å². The summed E-state index contributed by atoms with van der Waals surface area (Å²) in [4.78, 5) is 53.1. The molecule has 1 aliphatic heterocycles. The molecule has 0 radical (unpaired) electrons. The zero-order chi connectivity index (χ0) is 24.7. The maximum Gasteiger partial charge on any atom is 0.337 e. The van der Waals surface area contributed by atoms with Gasteiger partial charge in [-0.05, 0) is 56.9 Å². The zero-order valence-corrected chi connectivity index (χ0v) is 18.9. The number of aromatic nitrogens is 2. The lowest BCUT2D eigenvalue weighted by molar-refractivity contribution is 0.0696. The number of carboxylic acids is 1. The first-order valence-corrected chi connectivity index (χ1v) is 10.7. The summed E-state index contributed by atoms with van der Waals surface area (Å²) in [6, 6.07) is 13.7. The van der Waals surface area contributed by atoms with Gasteiger partial charge in [0, 0.05) is 55.0 Å².